The summed E-state index contributed by atoms with van der Waals surface area (Å²) in [5, 5.41) is 0. The number of fused-ring (bicyclic) bond motifs is 2. The Morgan fingerprint density at radius 2 is 1.67 bits per heavy atom. The summed E-state index contributed by atoms with van der Waals surface area (Å²) >= 11 is 1.91. The van der Waals surface area contributed by atoms with Crippen LogP contribution in [0.25, 0.3) is 0 Å². The smallest absolute Gasteiger partial charge is 0.0594 e. The second-order valence-electron chi connectivity index (χ2n) is 8.77. The number of hydrogen-bond donors (Lipinski definition) is 0. The number of anilines is 2. The Labute approximate surface area is 185 Å². The van der Waals surface area contributed by atoms with Crippen LogP contribution < -0.4 is 4.90 Å². The van der Waals surface area contributed by atoms with Crippen LogP contribution in [0.15, 0.2) is 52.3 Å². The molecule has 2 saturated heterocycles. The fourth-order valence-electron chi connectivity index (χ4n) is 5.08. The maximum Gasteiger partial charge on any atom is 0.0594 e. The van der Waals surface area contributed by atoms with Gasteiger partial charge in [0.25, 0.3) is 0 Å². The lowest BCUT2D eigenvalue weighted by atomic mass is 10.0. The molecule has 0 aliphatic carbocycles. The molecule has 0 saturated carbocycles. The van der Waals surface area contributed by atoms with Crippen molar-refractivity contribution in [3.05, 3.63) is 48.0 Å². The molecule has 5 rings (SSSR count). The van der Waals surface area contributed by atoms with E-state index in [-0.39, 0.29) is 0 Å². The van der Waals surface area contributed by atoms with Crippen LogP contribution in [0.5, 0.6) is 0 Å². The minimum atomic E-state index is 0.770. The zero-order chi connectivity index (χ0) is 20.3. The van der Waals surface area contributed by atoms with Crippen molar-refractivity contribution in [1.82, 2.24) is 9.80 Å². The maximum atomic E-state index is 5.52. The van der Waals surface area contributed by atoms with Crippen molar-refractivity contribution in [2.45, 2.75) is 42.0 Å². The summed E-state index contributed by atoms with van der Waals surface area (Å²) in [6, 6.07) is 16.5. The average molecular weight is 424 g/mol. The standard InChI is InChI=1S/C25H33N3OS/c1-20-7-8-23-25(19-20)30-24-6-3-2-5-22(24)28(23)12-4-11-26-13-9-21(10-14-26)27-15-17-29-18-16-27/h2-3,5-8,19,21H,4,9-18H2,1H3. The lowest BCUT2D eigenvalue weighted by Crippen LogP contribution is -2.49. The van der Waals surface area contributed by atoms with Crippen molar-refractivity contribution in [1.29, 1.82) is 0 Å². The van der Waals surface area contributed by atoms with Gasteiger partial charge in [-0.15, -0.1) is 0 Å². The molecule has 0 amide bonds. The maximum absolute atomic E-state index is 5.52. The summed E-state index contributed by atoms with van der Waals surface area (Å²) in [5.41, 5.74) is 4.07. The van der Waals surface area contributed by atoms with Gasteiger partial charge in [-0.2, -0.15) is 0 Å². The molecule has 0 aromatic heterocycles. The molecule has 30 heavy (non-hydrogen) atoms. The number of para-hydroxylation sites is 1. The van der Waals surface area contributed by atoms with Crippen molar-refractivity contribution in [3.8, 4) is 0 Å². The number of hydrogen-bond acceptors (Lipinski definition) is 5. The van der Waals surface area contributed by atoms with Gasteiger partial charge in [-0.3, -0.25) is 4.90 Å². The van der Waals surface area contributed by atoms with Crippen LogP contribution in [0.2, 0.25) is 0 Å². The van der Waals surface area contributed by atoms with Gasteiger partial charge < -0.3 is 14.5 Å². The van der Waals surface area contributed by atoms with Crippen molar-refractivity contribution in [2.24, 2.45) is 0 Å². The Balaban J connectivity index is 1.18. The van der Waals surface area contributed by atoms with Crippen LogP contribution in [0, 0.1) is 6.92 Å². The Kier molecular flexibility index (Phi) is 6.32. The first kappa shape index (κ1) is 20.4. The van der Waals surface area contributed by atoms with Crippen LogP contribution in [0.4, 0.5) is 11.4 Å². The summed E-state index contributed by atoms with van der Waals surface area (Å²) < 4.78 is 5.52. The van der Waals surface area contributed by atoms with Crippen LogP contribution in [0.3, 0.4) is 0 Å². The van der Waals surface area contributed by atoms with Gasteiger partial charge in [0, 0.05) is 35.5 Å². The Hall–Kier alpha value is -1.53. The first-order chi connectivity index (χ1) is 14.8. The van der Waals surface area contributed by atoms with E-state index in [1.165, 1.54) is 65.6 Å². The molecule has 3 aliphatic rings. The quantitative estimate of drug-likeness (QED) is 0.687. The van der Waals surface area contributed by atoms with E-state index in [1.807, 2.05) is 11.8 Å². The molecule has 0 radical (unpaired) electrons. The fraction of sp³-hybridized carbons (Fsp3) is 0.520. The van der Waals surface area contributed by atoms with Gasteiger partial charge in [0.2, 0.25) is 0 Å². The summed E-state index contributed by atoms with van der Waals surface area (Å²) in [6.45, 7) is 11.0. The lowest BCUT2D eigenvalue weighted by molar-refractivity contribution is 0.000896. The minimum Gasteiger partial charge on any atom is -0.379 e. The van der Waals surface area contributed by atoms with Gasteiger partial charge in [-0.05, 0) is 75.6 Å². The molecule has 0 N–H and O–H groups in total. The van der Waals surface area contributed by atoms with Crippen LogP contribution in [0.1, 0.15) is 24.8 Å². The van der Waals surface area contributed by atoms with Crippen molar-refractivity contribution < 1.29 is 4.74 Å². The molecule has 2 aromatic carbocycles. The van der Waals surface area contributed by atoms with E-state index in [0.717, 1.165) is 38.9 Å². The van der Waals surface area contributed by atoms with E-state index >= 15 is 0 Å². The van der Waals surface area contributed by atoms with Gasteiger partial charge in [0.15, 0.2) is 0 Å². The lowest BCUT2D eigenvalue weighted by Gasteiger charge is -2.40. The highest BCUT2D eigenvalue weighted by Crippen LogP contribution is 2.48. The van der Waals surface area contributed by atoms with Gasteiger partial charge in [-0.25, -0.2) is 0 Å². The van der Waals surface area contributed by atoms with Gasteiger partial charge in [0.05, 0.1) is 24.6 Å². The van der Waals surface area contributed by atoms with E-state index in [4.69, 9.17) is 4.74 Å². The highest BCUT2D eigenvalue weighted by molar-refractivity contribution is 7.99. The SMILES string of the molecule is Cc1ccc2c(c1)Sc1ccccc1N2CCCN1CCC(N2CCOCC2)CC1. The molecule has 2 fully saturated rings. The van der Waals surface area contributed by atoms with E-state index < -0.39 is 0 Å². The molecule has 3 aliphatic heterocycles. The molecule has 0 unspecified atom stereocenters. The van der Waals surface area contributed by atoms with Crippen LogP contribution in [-0.4, -0.2) is 68.3 Å². The van der Waals surface area contributed by atoms with Crippen LogP contribution in [-0.2, 0) is 4.74 Å². The third-order valence-corrected chi connectivity index (χ3v) is 7.87. The van der Waals surface area contributed by atoms with Crippen molar-refractivity contribution in [2.75, 3.05) is 57.4 Å². The largest absolute Gasteiger partial charge is 0.379 e. The molecule has 4 nitrogen and oxygen atoms in total. The first-order valence-electron chi connectivity index (χ1n) is 11.5. The predicted molar refractivity (Wildman–Crippen MR) is 125 cm³/mol. The summed E-state index contributed by atoms with van der Waals surface area (Å²) in [4.78, 5) is 10.6. The monoisotopic (exact) mass is 423 g/mol. The third kappa shape index (κ3) is 4.40. The molecular formula is C25H33N3OS. The normalized spacial score (nSPS) is 20.8. The highest BCUT2D eigenvalue weighted by atomic mass is 32.2. The van der Waals surface area contributed by atoms with E-state index in [0.29, 0.717) is 0 Å². The number of nitrogens with zero attached hydrogens (tertiary/aromatic N) is 3. The molecule has 0 bridgehead atoms. The second-order valence-corrected chi connectivity index (χ2v) is 9.85. The van der Waals surface area contributed by atoms with E-state index in [9.17, 15) is 0 Å². The predicted octanol–water partition coefficient (Wildman–Crippen LogP) is 4.78. The average Bonchev–Trinajstić information content (AvgIpc) is 2.79. The number of benzene rings is 2. The Morgan fingerprint density at radius 3 is 2.50 bits per heavy atom. The Bertz CT molecular complexity index is 859. The minimum absolute atomic E-state index is 0.770. The number of rotatable bonds is 5. The third-order valence-electron chi connectivity index (χ3n) is 6.76. The Morgan fingerprint density at radius 1 is 0.900 bits per heavy atom. The molecule has 0 spiro atoms. The highest BCUT2D eigenvalue weighted by Gasteiger charge is 2.26. The molecular weight excluding hydrogens is 390 g/mol. The zero-order valence-corrected chi connectivity index (χ0v) is 18.9. The fourth-order valence-corrected chi connectivity index (χ4v) is 6.28. The molecule has 0 atom stereocenters. The molecule has 3 heterocycles. The molecule has 2 aromatic rings. The second kappa shape index (κ2) is 9.31. The first-order valence-corrected chi connectivity index (χ1v) is 12.3. The summed E-state index contributed by atoms with van der Waals surface area (Å²) in [5.74, 6) is 0. The number of piperidine rings is 1. The number of ether oxygens (including phenoxy) is 1. The van der Waals surface area contributed by atoms with Crippen molar-refractivity contribution >= 4 is 23.1 Å². The topological polar surface area (TPSA) is 19.0 Å². The molecule has 160 valence electrons. The summed E-state index contributed by atoms with van der Waals surface area (Å²) in [7, 11) is 0. The number of aryl methyl sites for hydroxylation is 1. The zero-order valence-electron chi connectivity index (χ0n) is 18.1. The number of morpholine rings is 1. The van der Waals surface area contributed by atoms with Gasteiger partial charge in [-0.1, -0.05) is 30.0 Å². The van der Waals surface area contributed by atoms with E-state index in [2.05, 4.69) is 64.1 Å². The van der Waals surface area contributed by atoms with Gasteiger partial charge >= 0.3 is 0 Å². The van der Waals surface area contributed by atoms with Gasteiger partial charge in [0.1, 0.15) is 0 Å². The molecule has 5 heteroatoms. The summed E-state index contributed by atoms with van der Waals surface area (Å²) in [6.07, 6.45) is 3.82. The van der Waals surface area contributed by atoms with Crippen molar-refractivity contribution in [3.63, 3.8) is 0 Å². The number of likely N-dealkylation sites (tertiary alicyclic amines) is 1. The van der Waals surface area contributed by atoms with Crippen LogP contribution >= 0.6 is 11.8 Å². The van der Waals surface area contributed by atoms with E-state index in [1.54, 1.807) is 0 Å².